The summed E-state index contributed by atoms with van der Waals surface area (Å²) in [5.74, 6) is 1.89. The molecule has 0 aliphatic carbocycles. The minimum Gasteiger partial charge on any atom is -0.484 e. The van der Waals surface area contributed by atoms with Gasteiger partial charge in [-0.05, 0) is 39.9 Å². The van der Waals surface area contributed by atoms with E-state index in [9.17, 15) is 0 Å². The van der Waals surface area contributed by atoms with E-state index < -0.39 is 0 Å². The van der Waals surface area contributed by atoms with Crippen molar-refractivity contribution in [2.45, 2.75) is 20.8 Å². The van der Waals surface area contributed by atoms with Crippen LogP contribution in [0.1, 0.15) is 20.8 Å². The van der Waals surface area contributed by atoms with Crippen LogP contribution in [0, 0.1) is 0 Å². The Labute approximate surface area is 129 Å². The molecule has 0 amide bonds. The Hall–Kier alpha value is -2.07. The molecule has 4 heteroatoms. The summed E-state index contributed by atoms with van der Waals surface area (Å²) in [6.07, 6.45) is 6.83. The fraction of sp³-hybridized carbons (Fsp3) is 0.353. The summed E-state index contributed by atoms with van der Waals surface area (Å²) in [6, 6.07) is 0. The molecule has 0 fully saturated rings. The molecular weight excluding hydrogens is 264 g/mol. The Morgan fingerprint density at radius 2 is 1.76 bits per heavy atom. The van der Waals surface area contributed by atoms with Crippen LogP contribution in [-0.2, 0) is 9.47 Å². The van der Waals surface area contributed by atoms with E-state index in [1.54, 1.807) is 24.3 Å². The third kappa shape index (κ3) is 8.65. The molecule has 1 aliphatic rings. The van der Waals surface area contributed by atoms with E-state index in [0.29, 0.717) is 29.6 Å². The molecule has 0 saturated carbocycles. The molecule has 0 saturated heterocycles. The van der Waals surface area contributed by atoms with Crippen molar-refractivity contribution in [1.29, 1.82) is 0 Å². The van der Waals surface area contributed by atoms with Crippen molar-refractivity contribution in [3.63, 3.8) is 0 Å². The van der Waals surface area contributed by atoms with Crippen molar-refractivity contribution in [2.24, 2.45) is 4.99 Å². The van der Waals surface area contributed by atoms with Crippen LogP contribution in [0.25, 0.3) is 0 Å². The van der Waals surface area contributed by atoms with Gasteiger partial charge >= 0.3 is 0 Å². The largest absolute Gasteiger partial charge is 0.484 e. The van der Waals surface area contributed by atoms with Gasteiger partial charge in [-0.25, -0.2) is 0 Å². The molecular formula is C17H28N2O2. The first-order valence-corrected chi connectivity index (χ1v) is 6.85. The van der Waals surface area contributed by atoms with E-state index in [1.165, 1.54) is 0 Å². The summed E-state index contributed by atoms with van der Waals surface area (Å²) in [5, 5.41) is 2.75. The molecule has 0 bridgehead atoms. The van der Waals surface area contributed by atoms with E-state index in [0.717, 1.165) is 0 Å². The highest BCUT2D eigenvalue weighted by Gasteiger charge is 2.14. The van der Waals surface area contributed by atoms with Crippen molar-refractivity contribution in [2.75, 3.05) is 20.7 Å². The van der Waals surface area contributed by atoms with Crippen molar-refractivity contribution >= 4 is 6.72 Å². The molecule has 4 nitrogen and oxygen atoms in total. The second-order valence-electron chi connectivity index (χ2n) is 3.58. The summed E-state index contributed by atoms with van der Waals surface area (Å²) in [5.41, 5.74) is 0.636. The summed E-state index contributed by atoms with van der Waals surface area (Å²) in [4.78, 5) is 3.85. The lowest BCUT2D eigenvalue weighted by atomic mass is 10.3. The van der Waals surface area contributed by atoms with Gasteiger partial charge in [-0.3, -0.25) is 4.99 Å². The predicted molar refractivity (Wildman–Crippen MR) is 92.2 cm³/mol. The molecule has 1 aliphatic heterocycles. The van der Waals surface area contributed by atoms with Crippen molar-refractivity contribution in [3.05, 3.63) is 60.4 Å². The van der Waals surface area contributed by atoms with Crippen LogP contribution in [0.15, 0.2) is 65.4 Å². The van der Waals surface area contributed by atoms with Gasteiger partial charge < -0.3 is 14.8 Å². The van der Waals surface area contributed by atoms with Crippen molar-refractivity contribution < 1.29 is 9.47 Å². The quantitative estimate of drug-likeness (QED) is 0.630. The molecule has 0 atom stereocenters. The second kappa shape index (κ2) is 14.3. The van der Waals surface area contributed by atoms with Gasteiger partial charge in [0.05, 0.1) is 0 Å². The maximum absolute atomic E-state index is 5.57. The fourth-order valence-corrected chi connectivity index (χ4v) is 1.20. The van der Waals surface area contributed by atoms with Crippen LogP contribution < -0.4 is 5.32 Å². The van der Waals surface area contributed by atoms with Crippen LogP contribution in [-0.4, -0.2) is 27.4 Å². The molecule has 1 rings (SSSR count). The van der Waals surface area contributed by atoms with E-state index in [2.05, 4.69) is 30.2 Å². The van der Waals surface area contributed by atoms with E-state index >= 15 is 0 Å². The van der Waals surface area contributed by atoms with E-state index in [4.69, 9.17) is 9.47 Å². The van der Waals surface area contributed by atoms with Crippen LogP contribution in [0.5, 0.6) is 0 Å². The summed E-state index contributed by atoms with van der Waals surface area (Å²) >= 11 is 0. The zero-order valence-corrected chi connectivity index (χ0v) is 13.9. The van der Waals surface area contributed by atoms with Gasteiger partial charge in [-0.2, -0.15) is 0 Å². The number of hydrogen-bond acceptors (Lipinski definition) is 4. The Bertz CT molecular complexity index is 419. The van der Waals surface area contributed by atoms with Crippen LogP contribution in [0.4, 0.5) is 0 Å². The van der Waals surface area contributed by atoms with Crippen LogP contribution in [0.3, 0.4) is 0 Å². The molecule has 21 heavy (non-hydrogen) atoms. The topological polar surface area (TPSA) is 42.9 Å². The highest BCUT2D eigenvalue weighted by Crippen LogP contribution is 2.22. The Balaban J connectivity index is 0. The highest BCUT2D eigenvalue weighted by atomic mass is 16.5. The van der Waals surface area contributed by atoms with Crippen molar-refractivity contribution in [1.82, 2.24) is 5.32 Å². The Kier molecular flexibility index (Phi) is 14.5. The second-order valence-corrected chi connectivity index (χ2v) is 3.58. The van der Waals surface area contributed by atoms with Crippen LogP contribution in [0.2, 0.25) is 0 Å². The van der Waals surface area contributed by atoms with Gasteiger partial charge in [0.15, 0.2) is 11.5 Å². The third-order valence-electron chi connectivity index (χ3n) is 2.02. The smallest absolute Gasteiger partial charge is 0.157 e. The van der Waals surface area contributed by atoms with Crippen LogP contribution >= 0.6 is 0 Å². The molecule has 0 aromatic rings. The number of ether oxygens (including phenoxy) is 2. The predicted octanol–water partition coefficient (Wildman–Crippen LogP) is 3.97. The zero-order valence-electron chi connectivity index (χ0n) is 13.9. The molecule has 0 aromatic heterocycles. The molecule has 1 heterocycles. The molecule has 0 radical (unpaired) electrons. The summed E-state index contributed by atoms with van der Waals surface area (Å²) in [7, 11) is 3.75. The molecule has 0 aromatic carbocycles. The van der Waals surface area contributed by atoms with E-state index in [1.807, 2.05) is 34.9 Å². The summed E-state index contributed by atoms with van der Waals surface area (Å²) < 4.78 is 11.1. The lowest BCUT2D eigenvalue weighted by Crippen LogP contribution is -1.95. The van der Waals surface area contributed by atoms with E-state index in [-0.39, 0.29) is 0 Å². The molecule has 1 N–H and O–H groups in total. The highest BCUT2D eigenvalue weighted by molar-refractivity contribution is 5.34. The van der Waals surface area contributed by atoms with Gasteiger partial charge in [0.25, 0.3) is 0 Å². The normalized spacial score (nSPS) is 13.8. The number of allylic oxidation sites excluding steroid dienone is 5. The molecule has 0 unspecified atom stereocenters. The monoisotopic (exact) mass is 292 g/mol. The first-order valence-electron chi connectivity index (χ1n) is 6.85. The van der Waals surface area contributed by atoms with Crippen molar-refractivity contribution in [3.8, 4) is 0 Å². The minimum atomic E-state index is 0.318. The van der Waals surface area contributed by atoms with Gasteiger partial charge in [-0.15, -0.1) is 0 Å². The third-order valence-corrected chi connectivity index (χ3v) is 2.02. The zero-order chi connectivity index (χ0) is 16.7. The number of nitrogens with one attached hydrogen (secondary N) is 1. The fourth-order valence-electron chi connectivity index (χ4n) is 1.20. The molecule has 118 valence electrons. The SMILES string of the molecule is C=C/C=C\C1=C(C)OC(C=C)=C(N=C)CO1.CC.CNC. The van der Waals surface area contributed by atoms with Gasteiger partial charge in [0, 0.05) is 0 Å². The maximum atomic E-state index is 5.57. The number of hydrogen-bond donors (Lipinski definition) is 1. The lowest BCUT2D eigenvalue weighted by Gasteiger charge is -2.05. The Morgan fingerprint density at radius 1 is 1.19 bits per heavy atom. The van der Waals surface area contributed by atoms with Gasteiger partial charge in [-0.1, -0.05) is 39.2 Å². The molecule has 0 spiro atoms. The first-order chi connectivity index (χ1) is 10.1. The number of rotatable bonds is 4. The average Bonchev–Trinajstić information content (AvgIpc) is 2.66. The summed E-state index contributed by atoms with van der Waals surface area (Å²) in [6.45, 7) is 16.9. The lowest BCUT2D eigenvalue weighted by molar-refractivity contribution is 0.237. The van der Waals surface area contributed by atoms with Gasteiger partial charge in [0.2, 0.25) is 0 Å². The van der Waals surface area contributed by atoms with Gasteiger partial charge in [0.1, 0.15) is 18.1 Å². The standard InChI is InChI=1S/C13H15NO2.C2H7N.C2H6/c1-5-7-8-13-10(3)16-12(6-2)11(14-4)9-15-13;1-3-2;1-2/h5-8H,1-2,4,9H2,3H3;3H,1-2H3;1-2H3/b8-7-;;. The average molecular weight is 292 g/mol. The minimum absolute atomic E-state index is 0.318. The maximum Gasteiger partial charge on any atom is 0.157 e. The number of nitrogens with zero attached hydrogens (tertiary/aromatic N) is 1. The Morgan fingerprint density at radius 3 is 2.19 bits per heavy atom. The number of aliphatic imine (C=N–C) groups is 1. The first kappa shape index (κ1) is 21.2.